The van der Waals surface area contributed by atoms with Crippen molar-refractivity contribution in [2.75, 3.05) is 13.2 Å². The summed E-state index contributed by atoms with van der Waals surface area (Å²) in [6.45, 7) is 5.36. The van der Waals surface area contributed by atoms with Crippen LogP contribution < -0.4 is 10.6 Å². The second-order valence-corrected chi connectivity index (χ2v) is 5.91. The standard InChI is InChI=1S/C13H19ClN6O/c1-8-6-19(20-7-15-11(14)3-12(20)21)9(2)13(18-8)10-4-16-17-5-10/h3-5,8-9,13,15,18H,6-7H2,1-2H3,(H,16,17). The molecule has 8 heteroatoms. The molecular formula is C13H19ClN6O. The number of carbonyl (C=O) groups is 1. The van der Waals surface area contributed by atoms with Gasteiger partial charge < -0.3 is 10.6 Å². The van der Waals surface area contributed by atoms with Crippen LogP contribution in [0.1, 0.15) is 25.5 Å². The Morgan fingerprint density at radius 2 is 2.24 bits per heavy atom. The van der Waals surface area contributed by atoms with Crippen molar-refractivity contribution in [3.8, 4) is 0 Å². The van der Waals surface area contributed by atoms with E-state index < -0.39 is 0 Å². The van der Waals surface area contributed by atoms with E-state index in [1.54, 1.807) is 5.01 Å². The van der Waals surface area contributed by atoms with Crippen LogP contribution in [0.3, 0.4) is 0 Å². The van der Waals surface area contributed by atoms with E-state index >= 15 is 0 Å². The fourth-order valence-corrected chi connectivity index (χ4v) is 3.07. The van der Waals surface area contributed by atoms with Crippen LogP contribution in [0.4, 0.5) is 0 Å². The van der Waals surface area contributed by atoms with Crippen LogP contribution in [0.2, 0.25) is 0 Å². The van der Waals surface area contributed by atoms with Crippen molar-refractivity contribution in [3.63, 3.8) is 0 Å². The number of nitrogens with one attached hydrogen (secondary N) is 3. The molecule has 21 heavy (non-hydrogen) atoms. The van der Waals surface area contributed by atoms with Gasteiger partial charge in [0.25, 0.3) is 5.91 Å². The Morgan fingerprint density at radius 3 is 2.90 bits per heavy atom. The molecule has 0 radical (unpaired) electrons. The van der Waals surface area contributed by atoms with Gasteiger partial charge in [-0.1, -0.05) is 11.6 Å². The van der Waals surface area contributed by atoms with Crippen molar-refractivity contribution in [1.29, 1.82) is 0 Å². The van der Waals surface area contributed by atoms with Gasteiger partial charge in [-0.2, -0.15) is 5.10 Å². The molecule has 114 valence electrons. The molecule has 3 N–H and O–H groups in total. The molecule has 1 fully saturated rings. The number of hydrazine groups is 1. The van der Waals surface area contributed by atoms with Crippen LogP contribution in [0, 0.1) is 0 Å². The Hall–Kier alpha value is -1.57. The van der Waals surface area contributed by atoms with Crippen LogP contribution in [-0.2, 0) is 4.79 Å². The maximum absolute atomic E-state index is 12.2. The zero-order valence-electron chi connectivity index (χ0n) is 12.0. The van der Waals surface area contributed by atoms with Crippen LogP contribution in [0.25, 0.3) is 0 Å². The van der Waals surface area contributed by atoms with Gasteiger partial charge in [0.15, 0.2) is 0 Å². The molecular weight excluding hydrogens is 292 g/mol. The molecule has 2 aliphatic rings. The summed E-state index contributed by atoms with van der Waals surface area (Å²) in [6.07, 6.45) is 5.12. The number of hydrogen-bond acceptors (Lipinski definition) is 5. The highest BCUT2D eigenvalue weighted by atomic mass is 35.5. The number of aromatic nitrogens is 2. The van der Waals surface area contributed by atoms with Crippen LogP contribution in [-0.4, -0.2) is 51.4 Å². The minimum Gasteiger partial charge on any atom is -0.357 e. The monoisotopic (exact) mass is 310 g/mol. The highest BCUT2D eigenvalue weighted by molar-refractivity contribution is 6.30. The first-order chi connectivity index (χ1) is 10.1. The van der Waals surface area contributed by atoms with Gasteiger partial charge in [-0.05, 0) is 13.8 Å². The second-order valence-electron chi connectivity index (χ2n) is 5.50. The third-order valence-electron chi connectivity index (χ3n) is 3.97. The Kier molecular flexibility index (Phi) is 3.88. The Labute approximate surface area is 128 Å². The van der Waals surface area contributed by atoms with Gasteiger partial charge in [0.2, 0.25) is 0 Å². The lowest BCUT2D eigenvalue weighted by atomic mass is 9.98. The minimum absolute atomic E-state index is 0.0920. The molecule has 3 atom stereocenters. The molecule has 0 aromatic carbocycles. The number of nitrogens with zero attached hydrogens (tertiary/aromatic N) is 3. The lowest BCUT2D eigenvalue weighted by molar-refractivity contribution is -0.156. The molecule has 2 aliphatic heterocycles. The molecule has 3 unspecified atom stereocenters. The molecule has 3 heterocycles. The largest absolute Gasteiger partial charge is 0.357 e. The summed E-state index contributed by atoms with van der Waals surface area (Å²) in [5.41, 5.74) is 1.09. The zero-order chi connectivity index (χ0) is 15.0. The number of hydrogen-bond donors (Lipinski definition) is 3. The molecule has 3 rings (SSSR count). The predicted molar refractivity (Wildman–Crippen MR) is 78.9 cm³/mol. The van der Waals surface area contributed by atoms with Crippen LogP contribution >= 0.6 is 11.6 Å². The summed E-state index contributed by atoms with van der Waals surface area (Å²) < 4.78 is 0. The molecule has 1 aromatic rings. The fraction of sp³-hybridized carbons (Fsp3) is 0.538. The zero-order valence-corrected chi connectivity index (χ0v) is 12.8. The topological polar surface area (TPSA) is 76.3 Å². The van der Waals surface area contributed by atoms with E-state index in [1.165, 1.54) is 6.08 Å². The summed E-state index contributed by atoms with van der Waals surface area (Å²) in [7, 11) is 0. The number of amides is 1. The quantitative estimate of drug-likeness (QED) is 0.694. The number of halogens is 1. The highest BCUT2D eigenvalue weighted by Gasteiger charge is 2.37. The lowest BCUT2D eigenvalue weighted by Gasteiger charge is -2.48. The Morgan fingerprint density at radius 1 is 1.43 bits per heavy atom. The van der Waals surface area contributed by atoms with Crippen molar-refractivity contribution < 1.29 is 4.79 Å². The Bertz CT molecular complexity index is 545. The molecule has 7 nitrogen and oxygen atoms in total. The molecule has 0 saturated carbocycles. The third kappa shape index (κ3) is 2.76. The van der Waals surface area contributed by atoms with Gasteiger partial charge >= 0.3 is 0 Å². The highest BCUT2D eigenvalue weighted by Crippen LogP contribution is 2.27. The van der Waals surface area contributed by atoms with E-state index in [1.807, 2.05) is 12.4 Å². The van der Waals surface area contributed by atoms with E-state index in [4.69, 9.17) is 11.6 Å². The first kappa shape index (κ1) is 14.4. The third-order valence-corrected chi connectivity index (χ3v) is 4.21. The second kappa shape index (κ2) is 5.67. The molecule has 1 aromatic heterocycles. The van der Waals surface area contributed by atoms with E-state index in [0.29, 0.717) is 11.8 Å². The van der Waals surface area contributed by atoms with Gasteiger partial charge in [0.1, 0.15) is 11.8 Å². The van der Waals surface area contributed by atoms with E-state index in [0.717, 1.165) is 12.1 Å². The van der Waals surface area contributed by atoms with Crippen molar-refractivity contribution >= 4 is 17.5 Å². The number of carbonyl (C=O) groups excluding carboxylic acids is 1. The van der Waals surface area contributed by atoms with E-state index in [-0.39, 0.29) is 24.0 Å². The number of piperazine rings is 1. The summed E-state index contributed by atoms with van der Waals surface area (Å²) in [4.78, 5) is 12.2. The fourth-order valence-electron chi connectivity index (χ4n) is 2.92. The normalized spacial score (nSPS) is 31.0. The SMILES string of the molecule is CC1CN(N2CNC(Cl)=CC2=O)C(C)C(c2cn[nH]c2)N1. The van der Waals surface area contributed by atoms with Crippen molar-refractivity contribution in [3.05, 3.63) is 29.2 Å². The predicted octanol–water partition coefficient (Wildman–Crippen LogP) is 0.518. The summed E-state index contributed by atoms with van der Waals surface area (Å²) in [5.74, 6) is -0.0920. The molecule has 1 saturated heterocycles. The van der Waals surface area contributed by atoms with E-state index in [2.05, 4.69) is 39.7 Å². The average molecular weight is 311 g/mol. The smallest absolute Gasteiger partial charge is 0.265 e. The average Bonchev–Trinajstić information content (AvgIpc) is 2.95. The first-order valence-electron chi connectivity index (χ1n) is 7.00. The maximum Gasteiger partial charge on any atom is 0.265 e. The lowest BCUT2D eigenvalue weighted by Crippen LogP contribution is -2.64. The van der Waals surface area contributed by atoms with Crippen molar-refractivity contribution in [1.82, 2.24) is 30.8 Å². The summed E-state index contributed by atoms with van der Waals surface area (Å²) in [6, 6.07) is 0.492. The molecule has 0 aliphatic carbocycles. The minimum atomic E-state index is -0.0920. The number of aromatic amines is 1. The van der Waals surface area contributed by atoms with Gasteiger partial charge in [0, 0.05) is 36.5 Å². The van der Waals surface area contributed by atoms with Gasteiger partial charge in [-0.25, -0.2) is 5.01 Å². The number of H-pyrrole nitrogens is 1. The maximum atomic E-state index is 12.2. The van der Waals surface area contributed by atoms with Crippen molar-refractivity contribution in [2.24, 2.45) is 0 Å². The molecule has 0 spiro atoms. The molecule has 1 amide bonds. The first-order valence-corrected chi connectivity index (χ1v) is 7.38. The molecule has 0 bridgehead atoms. The Balaban J connectivity index is 1.83. The van der Waals surface area contributed by atoms with Crippen LogP contribution in [0.15, 0.2) is 23.6 Å². The summed E-state index contributed by atoms with van der Waals surface area (Å²) >= 11 is 5.85. The van der Waals surface area contributed by atoms with Gasteiger partial charge in [0.05, 0.1) is 12.2 Å². The summed E-state index contributed by atoms with van der Waals surface area (Å²) in [5, 5.41) is 17.6. The van der Waals surface area contributed by atoms with Gasteiger partial charge in [-0.3, -0.25) is 14.9 Å². The number of rotatable bonds is 2. The van der Waals surface area contributed by atoms with Crippen LogP contribution in [0.5, 0.6) is 0 Å². The van der Waals surface area contributed by atoms with E-state index in [9.17, 15) is 4.79 Å². The van der Waals surface area contributed by atoms with Gasteiger partial charge in [-0.15, -0.1) is 0 Å². The van der Waals surface area contributed by atoms with Crippen molar-refractivity contribution in [2.45, 2.75) is 32.0 Å².